The van der Waals surface area contributed by atoms with Crippen molar-refractivity contribution in [3.63, 3.8) is 0 Å². The minimum atomic E-state index is 0.474. The summed E-state index contributed by atoms with van der Waals surface area (Å²) in [6.45, 7) is 2.13. The predicted molar refractivity (Wildman–Crippen MR) is 122 cm³/mol. The average Bonchev–Trinajstić information content (AvgIpc) is 2.69. The molecular formula is C28H40N2. The largest absolute Gasteiger partial charge is 0.307 e. The first-order valence-corrected chi connectivity index (χ1v) is 13.2. The van der Waals surface area contributed by atoms with Gasteiger partial charge in [0.25, 0.3) is 0 Å². The van der Waals surface area contributed by atoms with Gasteiger partial charge in [0.15, 0.2) is 0 Å². The molecule has 1 aromatic carbocycles. The Bertz CT molecular complexity index is 677. The third-order valence-electron chi connectivity index (χ3n) is 10.4. The monoisotopic (exact) mass is 404 g/mol. The van der Waals surface area contributed by atoms with E-state index in [1.807, 2.05) is 0 Å². The summed E-state index contributed by atoms with van der Waals surface area (Å²) in [6.07, 6.45) is 17.9. The molecule has 0 radical (unpaired) electrons. The molecule has 1 aromatic rings. The fourth-order valence-corrected chi connectivity index (χ4v) is 10.1. The van der Waals surface area contributed by atoms with Gasteiger partial charge in [-0.2, -0.15) is 0 Å². The number of hydrogen-bond donors (Lipinski definition) is 2. The summed E-state index contributed by atoms with van der Waals surface area (Å²) in [5.74, 6) is 6.16. The summed E-state index contributed by atoms with van der Waals surface area (Å²) in [6, 6.07) is 9.48. The molecule has 8 fully saturated rings. The Morgan fingerprint density at radius 2 is 0.900 bits per heavy atom. The van der Waals surface area contributed by atoms with Gasteiger partial charge in [-0.1, -0.05) is 24.3 Å². The Hall–Kier alpha value is -0.860. The van der Waals surface area contributed by atoms with Gasteiger partial charge in [-0.15, -0.1) is 0 Å². The summed E-state index contributed by atoms with van der Waals surface area (Å²) in [4.78, 5) is 0. The Balaban J connectivity index is 0.999. The lowest BCUT2D eigenvalue weighted by Crippen LogP contribution is -2.58. The fraction of sp³-hybridized carbons (Fsp3) is 0.786. The molecule has 0 amide bonds. The highest BCUT2D eigenvalue weighted by Gasteiger charge is 2.51. The van der Waals surface area contributed by atoms with Crippen molar-refractivity contribution in [1.29, 1.82) is 0 Å². The fourth-order valence-electron chi connectivity index (χ4n) is 10.1. The third-order valence-corrected chi connectivity index (χ3v) is 10.4. The molecule has 0 unspecified atom stereocenters. The molecule has 8 saturated carbocycles. The summed E-state index contributed by atoms with van der Waals surface area (Å²) in [5, 5.41) is 8.20. The van der Waals surface area contributed by atoms with Crippen molar-refractivity contribution in [3.8, 4) is 0 Å². The quantitative estimate of drug-likeness (QED) is 0.626. The van der Waals surface area contributed by atoms with Gasteiger partial charge in [0.2, 0.25) is 0 Å². The van der Waals surface area contributed by atoms with Gasteiger partial charge in [0, 0.05) is 24.2 Å². The molecule has 0 spiro atoms. The van der Waals surface area contributed by atoms with Crippen LogP contribution in [-0.2, 0) is 13.1 Å². The van der Waals surface area contributed by atoms with E-state index in [1.165, 1.54) is 88.2 Å². The van der Waals surface area contributed by atoms with Crippen LogP contribution in [0, 0.1) is 35.5 Å². The minimum Gasteiger partial charge on any atom is -0.307 e. The van der Waals surface area contributed by atoms with E-state index in [0.29, 0.717) is 11.1 Å². The van der Waals surface area contributed by atoms with E-state index >= 15 is 0 Å². The van der Waals surface area contributed by atoms with Gasteiger partial charge in [-0.25, -0.2) is 0 Å². The molecule has 0 saturated heterocycles. The van der Waals surface area contributed by atoms with Gasteiger partial charge in [-0.3, -0.25) is 0 Å². The Labute approximate surface area is 183 Å². The van der Waals surface area contributed by atoms with Crippen molar-refractivity contribution in [3.05, 3.63) is 35.4 Å². The molecule has 2 nitrogen and oxygen atoms in total. The van der Waals surface area contributed by atoms with Crippen molar-refractivity contribution in [2.75, 3.05) is 0 Å². The van der Waals surface area contributed by atoms with Crippen LogP contribution in [0.2, 0.25) is 0 Å². The zero-order valence-corrected chi connectivity index (χ0v) is 18.7. The van der Waals surface area contributed by atoms with Crippen LogP contribution in [0.1, 0.15) is 88.2 Å². The molecule has 0 aliphatic heterocycles. The van der Waals surface area contributed by atoms with E-state index in [1.54, 1.807) is 0 Å². The normalized spacial score (nSPS) is 47.9. The molecule has 2 N–H and O–H groups in total. The minimum absolute atomic E-state index is 0.474. The smallest absolute Gasteiger partial charge is 0.0210 e. The first-order chi connectivity index (χ1) is 14.6. The van der Waals surface area contributed by atoms with Crippen molar-refractivity contribution in [2.24, 2.45) is 35.5 Å². The SMILES string of the molecule is c1cc(CNC23CC4CC(CC(C4)C2)C3)cc(CNC23CC4CC(CC(C4)C2)C3)c1. The maximum Gasteiger partial charge on any atom is 0.0210 e. The maximum atomic E-state index is 4.10. The molecule has 0 aromatic heterocycles. The van der Waals surface area contributed by atoms with Crippen LogP contribution >= 0.6 is 0 Å². The standard InChI is InChI=1S/C28H40N2/c1-2-19(17-29-27-11-21-5-22(12-27)7-23(6-21)13-27)4-20(3-1)18-30-28-14-24-8-25(15-28)10-26(9-24)16-28/h1-4,21-26,29-30H,5-18H2. The molecule has 0 heterocycles. The molecule has 162 valence electrons. The zero-order chi connectivity index (χ0) is 19.8. The molecular weight excluding hydrogens is 364 g/mol. The van der Waals surface area contributed by atoms with E-state index in [0.717, 1.165) is 48.6 Å². The number of hydrogen-bond acceptors (Lipinski definition) is 2. The highest BCUT2D eigenvalue weighted by atomic mass is 15.0. The molecule has 8 aliphatic rings. The summed E-state index contributed by atoms with van der Waals surface area (Å²) in [7, 11) is 0. The molecule has 2 heteroatoms. The summed E-state index contributed by atoms with van der Waals surface area (Å²) < 4.78 is 0. The Morgan fingerprint density at radius 3 is 1.23 bits per heavy atom. The van der Waals surface area contributed by atoms with Gasteiger partial charge in [-0.05, 0) is 124 Å². The lowest BCUT2D eigenvalue weighted by atomic mass is 9.53. The van der Waals surface area contributed by atoms with E-state index in [9.17, 15) is 0 Å². The molecule has 0 atom stereocenters. The van der Waals surface area contributed by atoms with Crippen molar-refractivity contribution < 1.29 is 0 Å². The number of nitrogens with one attached hydrogen (secondary N) is 2. The average molecular weight is 405 g/mol. The highest BCUT2D eigenvalue weighted by molar-refractivity contribution is 5.24. The van der Waals surface area contributed by atoms with Crippen molar-refractivity contribution in [2.45, 2.75) is 101 Å². The molecule has 30 heavy (non-hydrogen) atoms. The van der Waals surface area contributed by atoms with Gasteiger partial charge >= 0.3 is 0 Å². The summed E-state index contributed by atoms with van der Waals surface area (Å²) in [5.41, 5.74) is 3.94. The Morgan fingerprint density at radius 1 is 0.567 bits per heavy atom. The van der Waals surface area contributed by atoms with Crippen LogP contribution in [0.3, 0.4) is 0 Å². The zero-order valence-electron chi connectivity index (χ0n) is 18.7. The van der Waals surface area contributed by atoms with Crippen LogP contribution in [0.15, 0.2) is 24.3 Å². The topological polar surface area (TPSA) is 24.1 Å². The second-order valence-electron chi connectivity index (χ2n) is 12.9. The molecule has 9 rings (SSSR count). The first-order valence-electron chi connectivity index (χ1n) is 13.2. The predicted octanol–water partition coefficient (Wildman–Crippen LogP) is 5.80. The van der Waals surface area contributed by atoms with Gasteiger partial charge < -0.3 is 10.6 Å². The van der Waals surface area contributed by atoms with E-state index in [-0.39, 0.29) is 0 Å². The van der Waals surface area contributed by atoms with Crippen molar-refractivity contribution in [1.82, 2.24) is 10.6 Å². The van der Waals surface area contributed by atoms with Crippen LogP contribution in [0.5, 0.6) is 0 Å². The van der Waals surface area contributed by atoms with Crippen LogP contribution in [0.25, 0.3) is 0 Å². The first kappa shape index (κ1) is 18.7. The van der Waals surface area contributed by atoms with Gasteiger partial charge in [0.05, 0.1) is 0 Å². The lowest BCUT2D eigenvalue weighted by molar-refractivity contribution is -0.0206. The van der Waals surface area contributed by atoms with E-state index < -0.39 is 0 Å². The van der Waals surface area contributed by atoms with E-state index in [4.69, 9.17) is 0 Å². The van der Waals surface area contributed by atoms with Crippen molar-refractivity contribution >= 4 is 0 Å². The van der Waals surface area contributed by atoms with Gasteiger partial charge in [0.1, 0.15) is 0 Å². The molecule has 8 aliphatic carbocycles. The Kier molecular flexibility index (Phi) is 4.25. The highest BCUT2D eigenvalue weighted by Crippen LogP contribution is 2.56. The summed E-state index contributed by atoms with van der Waals surface area (Å²) >= 11 is 0. The third kappa shape index (κ3) is 3.28. The van der Waals surface area contributed by atoms with E-state index in [2.05, 4.69) is 34.9 Å². The van der Waals surface area contributed by atoms with Crippen LogP contribution < -0.4 is 10.6 Å². The molecule has 8 bridgehead atoms. The second-order valence-corrected chi connectivity index (χ2v) is 12.9. The number of rotatable bonds is 6. The second kappa shape index (κ2) is 6.82. The van der Waals surface area contributed by atoms with Crippen LogP contribution in [0.4, 0.5) is 0 Å². The van der Waals surface area contributed by atoms with Crippen LogP contribution in [-0.4, -0.2) is 11.1 Å². The number of benzene rings is 1. The maximum absolute atomic E-state index is 4.10. The lowest BCUT2D eigenvalue weighted by Gasteiger charge is -2.57.